The molecule has 1 aliphatic rings. The Labute approximate surface area is 156 Å². The molecule has 0 unspecified atom stereocenters. The van der Waals surface area contributed by atoms with Gasteiger partial charge in [0.15, 0.2) is 0 Å². The number of nitrogens with zero attached hydrogens (tertiary/aromatic N) is 5. The van der Waals surface area contributed by atoms with E-state index in [4.69, 9.17) is 4.74 Å². The summed E-state index contributed by atoms with van der Waals surface area (Å²) in [5, 5.41) is 0. The molecule has 1 aliphatic heterocycles. The molecule has 1 fully saturated rings. The molecule has 0 bridgehead atoms. The first kappa shape index (κ1) is 19.2. The molecule has 0 aliphatic carbocycles. The summed E-state index contributed by atoms with van der Waals surface area (Å²) in [6.07, 6.45) is -0.00950. The molecule has 0 radical (unpaired) electrons. The molecule has 0 amide bonds. The van der Waals surface area contributed by atoms with E-state index in [-0.39, 0.29) is 5.75 Å². The van der Waals surface area contributed by atoms with Gasteiger partial charge in [-0.25, -0.2) is 9.97 Å². The van der Waals surface area contributed by atoms with Crippen LogP contribution in [0.5, 0.6) is 5.75 Å². The summed E-state index contributed by atoms with van der Waals surface area (Å²) in [4.78, 5) is 16.0. The topological polar surface area (TPSA) is 54.4 Å². The Hall–Kier alpha value is -2.58. The lowest BCUT2D eigenvalue weighted by Gasteiger charge is -2.32. The van der Waals surface area contributed by atoms with Crippen molar-refractivity contribution in [1.29, 1.82) is 0 Å². The minimum atomic E-state index is -4.46. The Morgan fingerprint density at radius 2 is 1.89 bits per heavy atom. The number of alkyl halides is 3. The van der Waals surface area contributed by atoms with Crippen molar-refractivity contribution in [3.8, 4) is 5.75 Å². The lowest BCUT2D eigenvalue weighted by Crippen LogP contribution is -2.36. The highest BCUT2D eigenvalue weighted by atomic mass is 19.4. The van der Waals surface area contributed by atoms with Crippen LogP contribution in [0.4, 0.5) is 24.8 Å². The molecule has 2 aromatic heterocycles. The number of hydrogen-bond acceptors (Lipinski definition) is 6. The highest BCUT2D eigenvalue weighted by Crippen LogP contribution is 2.30. The largest absolute Gasteiger partial charge is 0.493 e. The van der Waals surface area contributed by atoms with Gasteiger partial charge in [-0.2, -0.15) is 13.2 Å². The van der Waals surface area contributed by atoms with Crippen molar-refractivity contribution >= 4 is 11.6 Å². The second-order valence-corrected chi connectivity index (χ2v) is 6.74. The highest BCUT2D eigenvalue weighted by molar-refractivity contribution is 5.49. The van der Waals surface area contributed by atoms with Crippen molar-refractivity contribution < 1.29 is 17.9 Å². The molecule has 6 nitrogen and oxygen atoms in total. The van der Waals surface area contributed by atoms with Crippen LogP contribution in [0.15, 0.2) is 30.7 Å². The lowest BCUT2D eigenvalue weighted by atomic mass is 9.98. The summed E-state index contributed by atoms with van der Waals surface area (Å²) in [7, 11) is 3.86. The van der Waals surface area contributed by atoms with E-state index in [1.807, 2.05) is 25.1 Å². The molecule has 0 atom stereocenters. The maximum absolute atomic E-state index is 12.7. The maximum atomic E-state index is 12.7. The average molecular weight is 381 g/mol. The van der Waals surface area contributed by atoms with Crippen molar-refractivity contribution in [3.63, 3.8) is 0 Å². The number of piperidine rings is 1. The molecular weight excluding hydrogens is 359 g/mol. The van der Waals surface area contributed by atoms with E-state index in [2.05, 4.69) is 19.9 Å². The third kappa shape index (κ3) is 4.99. The number of rotatable bonds is 5. The van der Waals surface area contributed by atoms with Gasteiger partial charge in [0.1, 0.15) is 29.4 Å². The smallest absolute Gasteiger partial charge is 0.433 e. The molecule has 0 aromatic carbocycles. The van der Waals surface area contributed by atoms with Crippen LogP contribution in [0, 0.1) is 5.92 Å². The van der Waals surface area contributed by atoms with E-state index in [1.165, 1.54) is 6.07 Å². The van der Waals surface area contributed by atoms with Crippen LogP contribution < -0.4 is 14.5 Å². The van der Waals surface area contributed by atoms with Gasteiger partial charge in [0.05, 0.1) is 6.61 Å². The fourth-order valence-electron chi connectivity index (χ4n) is 2.95. The molecule has 3 rings (SSSR count). The Bertz CT molecular complexity index is 761. The number of anilines is 2. The van der Waals surface area contributed by atoms with E-state index < -0.39 is 11.9 Å². The first-order chi connectivity index (χ1) is 12.8. The first-order valence-corrected chi connectivity index (χ1v) is 8.73. The van der Waals surface area contributed by atoms with E-state index in [0.29, 0.717) is 12.5 Å². The van der Waals surface area contributed by atoms with E-state index in [1.54, 1.807) is 6.33 Å². The van der Waals surface area contributed by atoms with Crippen LogP contribution in [0.25, 0.3) is 0 Å². The van der Waals surface area contributed by atoms with E-state index in [9.17, 15) is 13.2 Å². The predicted molar refractivity (Wildman–Crippen MR) is 96.0 cm³/mol. The fourth-order valence-corrected chi connectivity index (χ4v) is 2.95. The van der Waals surface area contributed by atoms with E-state index >= 15 is 0 Å². The number of hydrogen-bond donors (Lipinski definition) is 0. The van der Waals surface area contributed by atoms with E-state index in [0.717, 1.165) is 49.8 Å². The minimum Gasteiger partial charge on any atom is -0.493 e. The Morgan fingerprint density at radius 3 is 2.56 bits per heavy atom. The number of pyridine rings is 1. The fraction of sp³-hybridized carbons (Fsp3) is 0.500. The van der Waals surface area contributed by atoms with Crippen LogP contribution in [0.3, 0.4) is 0 Å². The summed E-state index contributed by atoms with van der Waals surface area (Å²) in [6.45, 7) is 2.03. The Balaban J connectivity index is 1.52. The summed E-state index contributed by atoms with van der Waals surface area (Å²) in [6, 6.07) is 4.35. The number of halogens is 3. The molecule has 27 heavy (non-hydrogen) atoms. The summed E-state index contributed by atoms with van der Waals surface area (Å²) < 4.78 is 43.7. The van der Waals surface area contributed by atoms with Crippen LogP contribution in [-0.2, 0) is 6.18 Å². The first-order valence-electron chi connectivity index (χ1n) is 8.73. The predicted octanol–water partition coefficient (Wildman–Crippen LogP) is 3.25. The SMILES string of the molecule is CN(C)c1cc(N2CCC(COc3ccnc(C(F)(F)F)c3)CC2)ncn1. The lowest BCUT2D eigenvalue weighted by molar-refractivity contribution is -0.141. The molecule has 2 aromatic rings. The third-order valence-electron chi connectivity index (χ3n) is 4.54. The van der Waals surface area contributed by atoms with Crippen LogP contribution in [0.2, 0.25) is 0 Å². The van der Waals surface area contributed by atoms with Gasteiger partial charge in [0.25, 0.3) is 0 Å². The summed E-state index contributed by atoms with van der Waals surface area (Å²) in [5.74, 6) is 2.23. The number of ether oxygens (including phenoxy) is 1. The summed E-state index contributed by atoms with van der Waals surface area (Å²) in [5.41, 5.74) is -0.935. The molecular formula is C18H22F3N5O. The second-order valence-electron chi connectivity index (χ2n) is 6.74. The third-order valence-corrected chi connectivity index (χ3v) is 4.54. The zero-order valence-corrected chi connectivity index (χ0v) is 15.3. The maximum Gasteiger partial charge on any atom is 0.433 e. The average Bonchev–Trinajstić information content (AvgIpc) is 2.66. The quantitative estimate of drug-likeness (QED) is 0.793. The van der Waals surface area contributed by atoms with Gasteiger partial charge in [0.2, 0.25) is 0 Å². The van der Waals surface area contributed by atoms with Crippen LogP contribution in [-0.4, -0.2) is 48.7 Å². The molecule has 146 valence electrons. The van der Waals surface area contributed by atoms with Gasteiger partial charge < -0.3 is 14.5 Å². The Kier molecular flexibility index (Phi) is 5.67. The summed E-state index contributed by atoms with van der Waals surface area (Å²) >= 11 is 0. The van der Waals surface area contributed by atoms with Crippen molar-refractivity contribution in [3.05, 3.63) is 36.4 Å². The molecule has 0 N–H and O–H groups in total. The minimum absolute atomic E-state index is 0.200. The van der Waals surface area contributed by atoms with Crippen LogP contribution >= 0.6 is 0 Å². The highest BCUT2D eigenvalue weighted by Gasteiger charge is 2.32. The monoisotopic (exact) mass is 381 g/mol. The normalized spacial score (nSPS) is 15.7. The van der Waals surface area contributed by atoms with Gasteiger partial charge in [-0.15, -0.1) is 0 Å². The van der Waals surface area contributed by atoms with Crippen LogP contribution in [0.1, 0.15) is 18.5 Å². The van der Waals surface area contributed by atoms with Gasteiger partial charge >= 0.3 is 6.18 Å². The standard InChI is InChI=1S/C18H22F3N5O/c1-25(2)16-10-17(24-12-23-16)26-7-4-13(5-8-26)11-27-14-3-6-22-15(9-14)18(19,20)21/h3,6,9-10,12-13H,4-5,7-8,11H2,1-2H3. The zero-order valence-electron chi connectivity index (χ0n) is 15.3. The molecule has 0 saturated carbocycles. The zero-order chi connectivity index (χ0) is 19.4. The molecule has 9 heteroatoms. The van der Waals surface area contributed by atoms with Crippen molar-refractivity contribution in [1.82, 2.24) is 15.0 Å². The van der Waals surface area contributed by atoms with Crippen molar-refractivity contribution in [2.45, 2.75) is 19.0 Å². The van der Waals surface area contributed by atoms with Gasteiger partial charge in [-0.05, 0) is 24.8 Å². The van der Waals surface area contributed by atoms with Gasteiger partial charge in [-0.3, -0.25) is 4.98 Å². The Morgan fingerprint density at radius 1 is 1.15 bits per heavy atom. The van der Waals surface area contributed by atoms with Gasteiger partial charge in [0, 0.05) is 45.5 Å². The van der Waals surface area contributed by atoms with Crippen molar-refractivity contribution in [2.75, 3.05) is 43.6 Å². The van der Waals surface area contributed by atoms with Gasteiger partial charge in [-0.1, -0.05) is 0 Å². The van der Waals surface area contributed by atoms with Crippen molar-refractivity contribution in [2.24, 2.45) is 5.92 Å². The molecule has 1 saturated heterocycles. The second kappa shape index (κ2) is 7.98. The molecule has 3 heterocycles. The molecule has 0 spiro atoms. The number of aromatic nitrogens is 3.